The summed E-state index contributed by atoms with van der Waals surface area (Å²) in [6, 6.07) is 6.83. The normalized spacial score (nSPS) is 16.1. The topological polar surface area (TPSA) is 58.2 Å². The highest BCUT2D eigenvalue weighted by molar-refractivity contribution is 7.89. The first-order valence-corrected chi connectivity index (χ1v) is 7.43. The van der Waals surface area contributed by atoms with Crippen molar-refractivity contribution in [2.45, 2.75) is 23.8 Å². The predicted octanol–water partition coefficient (Wildman–Crippen LogP) is 1.37. The first kappa shape index (κ1) is 12.8. The lowest BCUT2D eigenvalue weighted by Crippen LogP contribution is -2.32. The number of hydrogen-bond donors (Lipinski definition) is 2. The van der Waals surface area contributed by atoms with Crippen LogP contribution in [0.3, 0.4) is 0 Å². The number of halogens is 1. The van der Waals surface area contributed by atoms with E-state index in [1.807, 2.05) is 0 Å². The quantitative estimate of drug-likeness (QED) is 0.771. The molecule has 1 aromatic rings. The van der Waals surface area contributed by atoms with Gasteiger partial charge in [-0.1, -0.05) is 17.7 Å². The SMILES string of the molecule is O=S(=O)(NCCNC1CC1)c1cccc(Cl)c1. The molecule has 1 saturated carbocycles. The highest BCUT2D eigenvalue weighted by Gasteiger charge is 2.20. The van der Waals surface area contributed by atoms with Crippen molar-refractivity contribution in [3.63, 3.8) is 0 Å². The van der Waals surface area contributed by atoms with Crippen LogP contribution in [0.1, 0.15) is 12.8 Å². The number of benzene rings is 1. The molecule has 0 bridgehead atoms. The van der Waals surface area contributed by atoms with Crippen LogP contribution in [0.5, 0.6) is 0 Å². The maximum Gasteiger partial charge on any atom is 0.240 e. The first-order chi connectivity index (χ1) is 8.08. The lowest BCUT2D eigenvalue weighted by atomic mass is 10.4. The molecule has 0 unspecified atom stereocenters. The molecule has 0 saturated heterocycles. The van der Waals surface area contributed by atoms with Gasteiger partial charge in [-0.05, 0) is 31.0 Å². The van der Waals surface area contributed by atoms with Crippen LogP contribution in [0.4, 0.5) is 0 Å². The highest BCUT2D eigenvalue weighted by atomic mass is 35.5. The molecule has 17 heavy (non-hydrogen) atoms. The number of sulfonamides is 1. The van der Waals surface area contributed by atoms with Gasteiger partial charge in [0.15, 0.2) is 0 Å². The van der Waals surface area contributed by atoms with E-state index in [9.17, 15) is 8.42 Å². The molecule has 4 nitrogen and oxygen atoms in total. The molecule has 2 N–H and O–H groups in total. The van der Waals surface area contributed by atoms with Gasteiger partial charge in [-0.2, -0.15) is 0 Å². The molecule has 1 aliphatic carbocycles. The minimum atomic E-state index is -3.43. The van der Waals surface area contributed by atoms with Gasteiger partial charge in [-0.25, -0.2) is 13.1 Å². The van der Waals surface area contributed by atoms with E-state index in [0.29, 0.717) is 24.2 Å². The Morgan fingerprint density at radius 2 is 2.06 bits per heavy atom. The van der Waals surface area contributed by atoms with Gasteiger partial charge in [0, 0.05) is 24.2 Å². The van der Waals surface area contributed by atoms with E-state index < -0.39 is 10.0 Å². The molecular formula is C11H15ClN2O2S. The van der Waals surface area contributed by atoms with Crippen LogP contribution in [-0.2, 0) is 10.0 Å². The van der Waals surface area contributed by atoms with Crippen LogP contribution in [-0.4, -0.2) is 27.5 Å². The summed E-state index contributed by atoms with van der Waals surface area (Å²) in [6.45, 7) is 1.05. The Kier molecular flexibility index (Phi) is 4.04. The Morgan fingerprint density at radius 3 is 2.71 bits per heavy atom. The molecule has 2 rings (SSSR count). The van der Waals surface area contributed by atoms with Gasteiger partial charge in [0.05, 0.1) is 4.90 Å². The molecule has 6 heteroatoms. The van der Waals surface area contributed by atoms with Crippen LogP contribution in [0.2, 0.25) is 5.02 Å². The fourth-order valence-electron chi connectivity index (χ4n) is 1.47. The van der Waals surface area contributed by atoms with Crippen molar-refractivity contribution in [1.82, 2.24) is 10.0 Å². The van der Waals surface area contributed by atoms with E-state index in [1.54, 1.807) is 12.1 Å². The number of hydrogen-bond acceptors (Lipinski definition) is 3. The fourth-order valence-corrected chi connectivity index (χ4v) is 2.80. The van der Waals surface area contributed by atoms with E-state index in [1.165, 1.54) is 25.0 Å². The van der Waals surface area contributed by atoms with Crippen LogP contribution >= 0.6 is 11.6 Å². The third-order valence-corrected chi connectivity index (χ3v) is 4.23. The van der Waals surface area contributed by atoms with Crippen LogP contribution in [0.15, 0.2) is 29.2 Å². The molecule has 1 aromatic carbocycles. The Hall–Kier alpha value is -0.620. The zero-order chi connectivity index (χ0) is 12.3. The van der Waals surface area contributed by atoms with E-state index in [2.05, 4.69) is 10.0 Å². The molecule has 0 atom stereocenters. The van der Waals surface area contributed by atoms with E-state index in [-0.39, 0.29) is 4.90 Å². The highest BCUT2D eigenvalue weighted by Crippen LogP contribution is 2.18. The minimum Gasteiger partial charge on any atom is -0.313 e. The summed E-state index contributed by atoms with van der Waals surface area (Å²) in [7, 11) is -3.43. The van der Waals surface area contributed by atoms with Crippen molar-refractivity contribution in [2.75, 3.05) is 13.1 Å². The van der Waals surface area contributed by atoms with Gasteiger partial charge in [0.25, 0.3) is 0 Å². The first-order valence-electron chi connectivity index (χ1n) is 5.56. The maximum absolute atomic E-state index is 11.8. The third-order valence-electron chi connectivity index (χ3n) is 2.53. The second-order valence-corrected chi connectivity index (χ2v) is 6.29. The summed E-state index contributed by atoms with van der Waals surface area (Å²) in [6.07, 6.45) is 2.39. The molecule has 0 amide bonds. The van der Waals surface area contributed by atoms with Gasteiger partial charge in [-0.15, -0.1) is 0 Å². The minimum absolute atomic E-state index is 0.205. The largest absolute Gasteiger partial charge is 0.313 e. The second kappa shape index (κ2) is 5.35. The van der Waals surface area contributed by atoms with Gasteiger partial charge >= 0.3 is 0 Å². The van der Waals surface area contributed by atoms with Crippen molar-refractivity contribution >= 4 is 21.6 Å². The average molecular weight is 275 g/mol. The summed E-state index contributed by atoms with van der Waals surface area (Å²) < 4.78 is 26.2. The van der Waals surface area contributed by atoms with E-state index >= 15 is 0 Å². The fraction of sp³-hybridized carbons (Fsp3) is 0.455. The summed E-state index contributed by atoms with van der Waals surface area (Å²) in [5, 5.41) is 3.66. The zero-order valence-corrected chi connectivity index (χ0v) is 10.9. The standard InChI is InChI=1S/C11H15ClN2O2S/c12-9-2-1-3-11(8-9)17(15,16)14-7-6-13-10-4-5-10/h1-3,8,10,13-14H,4-7H2. The smallest absolute Gasteiger partial charge is 0.240 e. The van der Waals surface area contributed by atoms with Crippen molar-refractivity contribution in [3.05, 3.63) is 29.3 Å². The van der Waals surface area contributed by atoms with Gasteiger partial charge < -0.3 is 5.32 Å². The maximum atomic E-state index is 11.8. The molecule has 0 aliphatic heterocycles. The molecule has 0 aromatic heterocycles. The molecule has 94 valence electrons. The van der Waals surface area contributed by atoms with Crippen LogP contribution in [0.25, 0.3) is 0 Å². The van der Waals surface area contributed by atoms with E-state index in [0.717, 1.165) is 0 Å². The van der Waals surface area contributed by atoms with Crippen LogP contribution in [0, 0.1) is 0 Å². The van der Waals surface area contributed by atoms with Crippen molar-refractivity contribution in [3.8, 4) is 0 Å². The summed E-state index contributed by atoms with van der Waals surface area (Å²) in [5.41, 5.74) is 0. The molecular weight excluding hydrogens is 260 g/mol. The molecule has 1 fully saturated rings. The average Bonchev–Trinajstić information content (AvgIpc) is 3.08. The van der Waals surface area contributed by atoms with Crippen molar-refractivity contribution in [1.29, 1.82) is 0 Å². The summed E-state index contributed by atoms with van der Waals surface area (Å²) in [5.74, 6) is 0. The summed E-state index contributed by atoms with van der Waals surface area (Å²) in [4.78, 5) is 0.205. The molecule has 0 radical (unpaired) electrons. The monoisotopic (exact) mass is 274 g/mol. The number of rotatable bonds is 6. The van der Waals surface area contributed by atoms with Crippen molar-refractivity contribution in [2.24, 2.45) is 0 Å². The van der Waals surface area contributed by atoms with Gasteiger partial charge in [0.1, 0.15) is 0 Å². The van der Waals surface area contributed by atoms with Crippen LogP contribution < -0.4 is 10.0 Å². The third kappa shape index (κ3) is 3.96. The molecule has 0 spiro atoms. The summed E-state index contributed by atoms with van der Waals surface area (Å²) >= 11 is 5.76. The van der Waals surface area contributed by atoms with E-state index in [4.69, 9.17) is 11.6 Å². The predicted molar refractivity (Wildman–Crippen MR) is 67.7 cm³/mol. The zero-order valence-electron chi connectivity index (χ0n) is 9.32. The second-order valence-electron chi connectivity index (χ2n) is 4.08. The lowest BCUT2D eigenvalue weighted by Gasteiger charge is -2.07. The molecule has 0 heterocycles. The molecule has 1 aliphatic rings. The Balaban J connectivity index is 1.88. The Bertz CT molecular complexity index is 486. The van der Waals surface area contributed by atoms with Gasteiger partial charge in [0.2, 0.25) is 10.0 Å². The number of nitrogens with one attached hydrogen (secondary N) is 2. The Labute approximate surface area is 106 Å². The lowest BCUT2D eigenvalue weighted by molar-refractivity contribution is 0.575. The Morgan fingerprint density at radius 1 is 1.29 bits per heavy atom. The van der Waals surface area contributed by atoms with Gasteiger partial charge in [-0.3, -0.25) is 0 Å². The van der Waals surface area contributed by atoms with Crippen molar-refractivity contribution < 1.29 is 8.42 Å².